The SMILES string of the molecule is CC=CC(=O)Nc1ccc([N+](=O)[O-])c(C)c1. The van der Waals surface area contributed by atoms with Crippen LogP contribution in [0, 0.1) is 17.0 Å². The molecule has 0 saturated carbocycles. The molecule has 0 atom stereocenters. The summed E-state index contributed by atoms with van der Waals surface area (Å²) in [5, 5.41) is 13.2. The van der Waals surface area contributed by atoms with Crippen molar-refractivity contribution in [3.05, 3.63) is 46.0 Å². The Hall–Kier alpha value is -2.17. The monoisotopic (exact) mass is 220 g/mol. The van der Waals surface area contributed by atoms with Crippen LogP contribution in [0.3, 0.4) is 0 Å². The van der Waals surface area contributed by atoms with E-state index in [1.165, 1.54) is 18.2 Å². The van der Waals surface area contributed by atoms with Gasteiger partial charge in [0.2, 0.25) is 5.91 Å². The van der Waals surface area contributed by atoms with Gasteiger partial charge >= 0.3 is 0 Å². The average molecular weight is 220 g/mol. The van der Waals surface area contributed by atoms with Gasteiger partial charge in [0.15, 0.2) is 0 Å². The highest BCUT2D eigenvalue weighted by molar-refractivity contribution is 5.99. The van der Waals surface area contributed by atoms with E-state index < -0.39 is 4.92 Å². The van der Waals surface area contributed by atoms with Gasteiger partial charge in [-0.05, 0) is 32.1 Å². The van der Waals surface area contributed by atoms with Crippen LogP contribution in [-0.4, -0.2) is 10.8 Å². The number of hydrogen-bond acceptors (Lipinski definition) is 3. The van der Waals surface area contributed by atoms with Crippen LogP contribution >= 0.6 is 0 Å². The van der Waals surface area contributed by atoms with Crippen LogP contribution < -0.4 is 5.32 Å². The lowest BCUT2D eigenvalue weighted by molar-refractivity contribution is -0.385. The van der Waals surface area contributed by atoms with E-state index >= 15 is 0 Å². The summed E-state index contributed by atoms with van der Waals surface area (Å²) in [6.07, 6.45) is 3.00. The number of nitrogens with zero attached hydrogens (tertiary/aromatic N) is 1. The maximum Gasteiger partial charge on any atom is 0.272 e. The number of anilines is 1. The summed E-state index contributed by atoms with van der Waals surface area (Å²) in [6, 6.07) is 4.45. The molecule has 1 N–H and O–H groups in total. The van der Waals surface area contributed by atoms with Gasteiger partial charge < -0.3 is 5.32 Å². The van der Waals surface area contributed by atoms with Crippen LogP contribution in [0.25, 0.3) is 0 Å². The third-order valence-corrected chi connectivity index (χ3v) is 1.98. The Bertz CT molecular complexity index is 453. The number of hydrogen-bond donors (Lipinski definition) is 1. The summed E-state index contributed by atoms with van der Waals surface area (Å²) in [4.78, 5) is 21.3. The normalized spacial score (nSPS) is 10.4. The van der Waals surface area contributed by atoms with Gasteiger partial charge in [0.05, 0.1) is 4.92 Å². The van der Waals surface area contributed by atoms with E-state index in [4.69, 9.17) is 0 Å². The molecular formula is C11H12N2O3. The fourth-order valence-electron chi connectivity index (χ4n) is 1.27. The van der Waals surface area contributed by atoms with Crippen LogP contribution in [0.15, 0.2) is 30.4 Å². The molecule has 84 valence electrons. The van der Waals surface area contributed by atoms with E-state index in [0.717, 1.165) is 0 Å². The van der Waals surface area contributed by atoms with E-state index in [9.17, 15) is 14.9 Å². The van der Waals surface area contributed by atoms with Gasteiger partial charge in [-0.2, -0.15) is 0 Å². The number of nitro groups is 1. The lowest BCUT2D eigenvalue weighted by Crippen LogP contribution is -2.07. The summed E-state index contributed by atoms with van der Waals surface area (Å²) < 4.78 is 0. The van der Waals surface area contributed by atoms with E-state index in [1.54, 1.807) is 26.0 Å². The summed E-state index contributed by atoms with van der Waals surface area (Å²) in [5.74, 6) is -0.254. The highest BCUT2D eigenvalue weighted by Gasteiger charge is 2.10. The van der Waals surface area contributed by atoms with Gasteiger partial charge in [-0.1, -0.05) is 6.08 Å². The maximum atomic E-state index is 11.2. The van der Waals surface area contributed by atoms with Gasteiger partial charge in [-0.3, -0.25) is 14.9 Å². The number of rotatable bonds is 3. The first kappa shape index (κ1) is 11.9. The minimum atomic E-state index is -0.452. The van der Waals surface area contributed by atoms with Crippen molar-refractivity contribution >= 4 is 17.3 Å². The second-order valence-electron chi connectivity index (χ2n) is 3.25. The second kappa shape index (κ2) is 5.06. The quantitative estimate of drug-likeness (QED) is 0.483. The molecule has 16 heavy (non-hydrogen) atoms. The van der Waals surface area contributed by atoms with Crippen molar-refractivity contribution in [1.82, 2.24) is 0 Å². The molecule has 0 aliphatic heterocycles. The third kappa shape index (κ3) is 2.91. The lowest BCUT2D eigenvalue weighted by Gasteiger charge is -2.03. The molecule has 0 aliphatic carbocycles. The summed E-state index contributed by atoms with van der Waals surface area (Å²) in [6.45, 7) is 3.37. The van der Waals surface area contributed by atoms with Gasteiger partial charge in [-0.15, -0.1) is 0 Å². The first-order valence-corrected chi connectivity index (χ1v) is 4.73. The molecule has 1 amide bonds. The van der Waals surface area contributed by atoms with Crippen LogP contribution in [-0.2, 0) is 4.79 Å². The molecule has 1 rings (SSSR count). The van der Waals surface area contributed by atoms with Gasteiger partial charge in [-0.25, -0.2) is 0 Å². The Balaban J connectivity index is 2.89. The highest BCUT2D eigenvalue weighted by Crippen LogP contribution is 2.21. The van der Waals surface area contributed by atoms with Crippen molar-refractivity contribution in [1.29, 1.82) is 0 Å². The number of nitro benzene ring substituents is 1. The predicted molar refractivity (Wildman–Crippen MR) is 61.3 cm³/mol. The third-order valence-electron chi connectivity index (χ3n) is 1.98. The molecule has 0 aliphatic rings. The zero-order chi connectivity index (χ0) is 12.1. The molecule has 0 aromatic heterocycles. The number of amides is 1. The first-order chi connectivity index (χ1) is 7.54. The van der Waals surface area contributed by atoms with Crippen molar-refractivity contribution in [2.24, 2.45) is 0 Å². The van der Waals surface area contributed by atoms with Gasteiger partial charge in [0.25, 0.3) is 5.69 Å². The number of nitrogens with one attached hydrogen (secondary N) is 1. The molecule has 1 aromatic carbocycles. The fourth-order valence-corrected chi connectivity index (χ4v) is 1.27. The summed E-state index contributed by atoms with van der Waals surface area (Å²) in [5.41, 5.74) is 1.11. The minimum Gasteiger partial charge on any atom is -0.323 e. The molecule has 0 spiro atoms. The Labute approximate surface area is 92.9 Å². The second-order valence-corrected chi connectivity index (χ2v) is 3.25. The molecule has 0 saturated heterocycles. The maximum absolute atomic E-state index is 11.2. The first-order valence-electron chi connectivity index (χ1n) is 4.73. The van der Waals surface area contributed by atoms with Crippen molar-refractivity contribution in [2.45, 2.75) is 13.8 Å². The van der Waals surface area contributed by atoms with Crippen LogP contribution in [0.1, 0.15) is 12.5 Å². The number of allylic oxidation sites excluding steroid dienone is 1. The molecule has 0 bridgehead atoms. The topological polar surface area (TPSA) is 72.2 Å². The highest BCUT2D eigenvalue weighted by atomic mass is 16.6. The van der Waals surface area contributed by atoms with Gasteiger partial charge in [0.1, 0.15) is 0 Å². The summed E-state index contributed by atoms with van der Waals surface area (Å²) in [7, 11) is 0. The van der Waals surface area contributed by atoms with Gasteiger partial charge in [0, 0.05) is 17.3 Å². The average Bonchev–Trinajstić information content (AvgIpc) is 2.17. The van der Waals surface area contributed by atoms with E-state index in [2.05, 4.69) is 5.32 Å². The van der Waals surface area contributed by atoms with E-state index in [0.29, 0.717) is 11.3 Å². The minimum absolute atomic E-state index is 0.0454. The molecule has 0 fully saturated rings. The Kier molecular flexibility index (Phi) is 3.77. The Morgan fingerprint density at radius 1 is 1.50 bits per heavy atom. The molecular weight excluding hydrogens is 208 g/mol. The van der Waals surface area contributed by atoms with Crippen molar-refractivity contribution in [3.8, 4) is 0 Å². The zero-order valence-corrected chi connectivity index (χ0v) is 9.06. The molecule has 5 nitrogen and oxygen atoms in total. The number of carbonyl (C=O) groups excluding carboxylic acids is 1. The van der Waals surface area contributed by atoms with Crippen molar-refractivity contribution < 1.29 is 9.72 Å². The molecule has 1 aromatic rings. The van der Waals surface area contributed by atoms with Crippen LogP contribution in [0.5, 0.6) is 0 Å². The predicted octanol–water partition coefficient (Wildman–Crippen LogP) is 2.42. The standard InChI is InChI=1S/C11H12N2O3/c1-3-4-11(14)12-9-5-6-10(13(15)16)8(2)7-9/h3-7H,1-2H3,(H,12,14). The van der Waals surface area contributed by atoms with Crippen LogP contribution in [0.4, 0.5) is 11.4 Å². The van der Waals surface area contributed by atoms with Crippen molar-refractivity contribution in [3.63, 3.8) is 0 Å². The van der Waals surface area contributed by atoms with E-state index in [-0.39, 0.29) is 11.6 Å². The zero-order valence-electron chi connectivity index (χ0n) is 9.06. The van der Waals surface area contributed by atoms with Crippen molar-refractivity contribution in [2.75, 3.05) is 5.32 Å². The molecule has 5 heteroatoms. The Morgan fingerprint density at radius 3 is 2.69 bits per heavy atom. The largest absolute Gasteiger partial charge is 0.323 e. The number of aryl methyl sites for hydroxylation is 1. The van der Waals surface area contributed by atoms with E-state index in [1.807, 2.05) is 0 Å². The summed E-state index contributed by atoms with van der Waals surface area (Å²) >= 11 is 0. The number of benzene rings is 1. The molecule has 0 heterocycles. The fraction of sp³-hybridized carbons (Fsp3) is 0.182. The lowest BCUT2D eigenvalue weighted by atomic mass is 10.2. The molecule has 0 radical (unpaired) electrons. The Morgan fingerprint density at radius 2 is 2.19 bits per heavy atom. The number of carbonyl (C=O) groups is 1. The molecule has 0 unspecified atom stereocenters. The van der Waals surface area contributed by atoms with Crippen LogP contribution in [0.2, 0.25) is 0 Å². The smallest absolute Gasteiger partial charge is 0.272 e.